The maximum atomic E-state index is 14.7. The topological polar surface area (TPSA) is 103 Å². The van der Waals surface area contributed by atoms with E-state index in [4.69, 9.17) is 36.5 Å². The fourth-order valence-corrected chi connectivity index (χ4v) is 4.35. The van der Waals surface area contributed by atoms with Crippen LogP contribution in [0.2, 0.25) is 5.02 Å². The van der Waals surface area contributed by atoms with Crippen LogP contribution >= 0.6 is 11.6 Å². The minimum atomic E-state index is -1.05. The summed E-state index contributed by atoms with van der Waals surface area (Å²) in [6.07, 6.45) is 1.56. The van der Waals surface area contributed by atoms with E-state index in [-0.39, 0.29) is 19.8 Å². The van der Waals surface area contributed by atoms with Crippen LogP contribution in [-0.2, 0) is 10.3 Å². The predicted octanol–water partition coefficient (Wildman–Crippen LogP) is 5.21. The zero-order valence-corrected chi connectivity index (χ0v) is 19.9. The third-order valence-electron chi connectivity index (χ3n) is 5.95. The van der Waals surface area contributed by atoms with Crippen molar-refractivity contribution >= 4 is 17.4 Å². The van der Waals surface area contributed by atoms with Gasteiger partial charge in [0.2, 0.25) is 5.88 Å². The van der Waals surface area contributed by atoms with Crippen molar-refractivity contribution in [2.75, 3.05) is 19.8 Å². The Labute approximate surface area is 206 Å². The third kappa shape index (κ3) is 4.18. The van der Waals surface area contributed by atoms with Crippen molar-refractivity contribution in [3.8, 4) is 34.6 Å². The lowest BCUT2D eigenvalue weighted by Crippen LogP contribution is -2.42. The van der Waals surface area contributed by atoms with Gasteiger partial charge < -0.3 is 19.9 Å². The van der Waals surface area contributed by atoms with Crippen LogP contribution in [0.25, 0.3) is 11.1 Å². The summed E-state index contributed by atoms with van der Waals surface area (Å²) in [5.41, 5.74) is 6.68. The zero-order valence-electron chi connectivity index (χ0n) is 19.1. The second-order valence-electron chi connectivity index (χ2n) is 9.20. The van der Waals surface area contributed by atoms with Crippen molar-refractivity contribution in [2.24, 2.45) is 16.1 Å². The number of nitriles is 1. The highest BCUT2D eigenvalue weighted by Gasteiger charge is 2.45. The number of hydrogen-bond donors (Lipinski definition) is 1. The van der Waals surface area contributed by atoms with Crippen LogP contribution in [0.15, 0.2) is 53.7 Å². The summed E-state index contributed by atoms with van der Waals surface area (Å²) in [6.45, 7) is 4.09. The van der Waals surface area contributed by atoms with Crippen molar-refractivity contribution in [3.63, 3.8) is 0 Å². The molecule has 0 bridgehead atoms. The summed E-state index contributed by atoms with van der Waals surface area (Å²) in [4.78, 5) is 9.18. The average Bonchev–Trinajstić information content (AvgIpc) is 2.85. The Hall–Kier alpha value is -3.67. The molecule has 178 valence electrons. The first-order valence-corrected chi connectivity index (χ1v) is 11.3. The highest BCUT2D eigenvalue weighted by Crippen LogP contribution is 2.51. The van der Waals surface area contributed by atoms with Crippen LogP contribution in [0.3, 0.4) is 0 Å². The molecule has 1 spiro atoms. The standard InChI is InChI=1S/C26H22ClFN4O3/c1-25(2,12-29)13-34-24-9-19-22(10-31-24)35-21-6-3-15(17-8-16(27)4-5-20(17)28)7-18(21)26(19)14-33-11-23(30)32-26/h3-10H,11,13-14H2,1-2H3,(H2,30,32)/t26-/m0/s1. The Bertz CT molecular complexity index is 1400. The summed E-state index contributed by atoms with van der Waals surface area (Å²) < 4.78 is 32.5. The molecule has 9 heteroatoms. The van der Waals surface area contributed by atoms with Gasteiger partial charge >= 0.3 is 0 Å². The molecule has 2 aromatic carbocycles. The minimum absolute atomic E-state index is 0.153. The molecular formula is C26H22ClFN4O3. The smallest absolute Gasteiger partial charge is 0.213 e. The fourth-order valence-electron chi connectivity index (χ4n) is 4.17. The third-order valence-corrected chi connectivity index (χ3v) is 6.19. The van der Waals surface area contributed by atoms with E-state index in [1.165, 1.54) is 12.1 Å². The Morgan fingerprint density at radius 1 is 1.20 bits per heavy atom. The molecule has 0 aliphatic carbocycles. The minimum Gasteiger partial charge on any atom is -0.476 e. The van der Waals surface area contributed by atoms with Crippen molar-refractivity contribution in [1.29, 1.82) is 5.26 Å². The maximum absolute atomic E-state index is 14.7. The number of pyridine rings is 1. The summed E-state index contributed by atoms with van der Waals surface area (Å²) >= 11 is 6.14. The van der Waals surface area contributed by atoms with Gasteiger partial charge in [-0.2, -0.15) is 5.26 Å². The average molecular weight is 493 g/mol. The van der Waals surface area contributed by atoms with Crippen molar-refractivity contribution in [2.45, 2.75) is 19.4 Å². The molecule has 0 saturated carbocycles. The molecule has 1 aromatic heterocycles. The molecule has 7 nitrogen and oxygen atoms in total. The van der Waals surface area contributed by atoms with Crippen LogP contribution in [0.4, 0.5) is 4.39 Å². The lowest BCUT2D eigenvalue weighted by atomic mass is 9.80. The van der Waals surface area contributed by atoms with E-state index in [0.29, 0.717) is 50.5 Å². The normalized spacial score (nSPS) is 18.7. The van der Waals surface area contributed by atoms with Crippen molar-refractivity contribution in [1.82, 2.24) is 4.98 Å². The number of nitrogens with zero attached hydrogens (tertiary/aromatic N) is 3. The van der Waals surface area contributed by atoms with E-state index >= 15 is 0 Å². The number of amidine groups is 1. The Morgan fingerprint density at radius 3 is 2.77 bits per heavy atom. The fraction of sp³-hybridized carbons (Fsp3) is 0.269. The molecule has 35 heavy (non-hydrogen) atoms. The summed E-state index contributed by atoms with van der Waals surface area (Å²) in [7, 11) is 0. The monoisotopic (exact) mass is 492 g/mol. The van der Waals surface area contributed by atoms with Crippen molar-refractivity contribution in [3.05, 3.63) is 70.6 Å². The maximum Gasteiger partial charge on any atom is 0.213 e. The molecule has 0 saturated heterocycles. The Morgan fingerprint density at radius 2 is 2.00 bits per heavy atom. The van der Waals surface area contributed by atoms with Gasteiger partial charge in [-0.3, -0.25) is 4.99 Å². The van der Waals surface area contributed by atoms with Gasteiger partial charge in [0.15, 0.2) is 5.75 Å². The van der Waals surface area contributed by atoms with E-state index in [0.717, 1.165) is 0 Å². The number of hydrogen-bond acceptors (Lipinski definition) is 7. The van der Waals surface area contributed by atoms with Crippen molar-refractivity contribution < 1.29 is 18.6 Å². The van der Waals surface area contributed by atoms with E-state index < -0.39 is 16.8 Å². The SMILES string of the molecule is CC(C)(C#N)COc1cc2c(cn1)Oc1ccc(-c3cc(Cl)ccc3F)cc1[C@@]21COCC(N)=N1. The molecule has 0 unspecified atom stereocenters. The molecule has 2 N–H and O–H groups in total. The first-order chi connectivity index (χ1) is 16.7. The number of aromatic nitrogens is 1. The lowest BCUT2D eigenvalue weighted by Gasteiger charge is -2.39. The summed E-state index contributed by atoms with van der Waals surface area (Å²) in [6, 6.07) is 13.7. The molecule has 5 rings (SSSR count). The molecule has 0 fully saturated rings. The first-order valence-electron chi connectivity index (χ1n) is 11.0. The highest BCUT2D eigenvalue weighted by molar-refractivity contribution is 6.30. The van der Waals surface area contributed by atoms with E-state index in [1.807, 2.05) is 6.07 Å². The highest BCUT2D eigenvalue weighted by atomic mass is 35.5. The van der Waals surface area contributed by atoms with Gasteiger partial charge in [-0.25, -0.2) is 9.37 Å². The van der Waals surface area contributed by atoms with E-state index in [2.05, 4.69) is 11.1 Å². The number of aliphatic imine (C=N–C) groups is 1. The Kier molecular flexibility index (Phi) is 5.62. The largest absolute Gasteiger partial charge is 0.476 e. The molecular weight excluding hydrogens is 471 g/mol. The molecule has 1 atom stereocenters. The van der Waals surface area contributed by atoms with Crippen LogP contribution in [0.5, 0.6) is 17.4 Å². The molecule has 0 amide bonds. The van der Waals surface area contributed by atoms with Gasteiger partial charge in [0.1, 0.15) is 36.2 Å². The molecule has 0 radical (unpaired) electrons. The van der Waals surface area contributed by atoms with Gasteiger partial charge in [0, 0.05) is 27.8 Å². The quantitative estimate of drug-likeness (QED) is 0.536. The number of ether oxygens (including phenoxy) is 3. The molecule has 3 heterocycles. The summed E-state index contributed by atoms with van der Waals surface area (Å²) in [5, 5.41) is 9.73. The van der Waals surface area contributed by atoms with Gasteiger partial charge in [-0.05, 0) is 49.7 Å². The lowest BCUT2D eigenvalue weighted by molar-refractivity contribution is 0.109. The summed E-state index contributed by atoms with van der Waals surface area (Å²) in [5.74, 6) is 1.25. The molecule has 3 aromatic rings. The van der Waals surface area contributed by atoms with Crippen LogP contribution in [-0.4, -0.2) is 30.6 Å². The second-order valence-corrected chi connectivity index (χ2v) is 9.63. The first kappa shape index (κ1) is 23.1. The second kappa shape index (κ2) is 8.52. The van der Waals surface area contributed by atoms with E-state index in [9.17, 15) is 9.65 Å². The number of halogens is 2. The van der Waals surface area contributed by atoms with Gasteiger partial charge in [0.25, 0.3) is 0 Å². The van der Waals surface area contributed by atoms with Gasteiger partial charge in [-0.15, -0.1) is 0 Å². The number of rotatable bonds is 4. The number of fused-ring (bicyclic) bond motifs is 4. The molecule has 2 aliphatic heterocycles. The van der Waals surface area contributed by atoms with E-state index in [1.54, 1.807) is 44.3 Å². The van der Waals surface area contributed by atoms with Gasteiger partial charge in [0.05, 0.1) is 24.3 Å². The van der Waals surface area contributed by atoms with Crippen LogP contribution < -0.4 is 15.2 Å². The predicted molar refractivity (Wildman–Crippen MR) is 129 cm³/mol. The zero-order chi connectivity index (χ0) is 24.8. The van der Waals surface area contributed by atoms with Gasteiger partial charge in [-0.1, -0.05) is 17.7 Å². The van der Waals surface area contributed by atoms with Crippen LogP contribution in [0, 0.1) is 22.6 Å². The van der Waals surface area contributed by atoms with Crippen LogP contribution in [0.1, 0.15) is 25.0 Å². The molecule has 2 aliphatic rings. The Balaban J connectivity index is 1.65. The number of nitrogens with two attached hydrogens (primary N) is 1. The number of benzene rings is 2.